The summed E-state index contributed by atoms with van der Waals surface area (Å²) in [6.07, 6.45) is 3.29. The highest BCUT2D eigenvalue weighted by Gasteiger charge is 2.71. The Morgan fingerprint density at radius 1 is 1.16 bits per heavy atom. The van der Waals surface area contributed by atoms with Crippen molar-refractivity contribution < 1.29 is 24.2 Å². The molecule has 132 valence electrons. The van der Waals surface area contributed by atoms with Crippen molar-refractivity contribution in [3.63, 3.8) is 0 Å². The molecule has 0 aromatic heterocycles. The highest BCUT2D eigenvalue weighted by Crippen LogP contribution is 2.59. The second-order valence-corrected chi connectivity index (χ2v) is 8.09. The van der Waals surface area contributed by atoms with Crippen molar-refractivity contribution in [2.24, 2.45) is 5.41 Å². The van der Waals surface area contributed by atoms with Crippen LogP contribution in [0.2, 0.25) is 0 Å². The fraction of sp³-hybridized carbons (Fsp3) is 0.579. The minimum Gasteiger partial charge on any atom is -0.485 e. The number of carbonyl (C=O) groups excluding carboxylic acids is 1. The van der Waals surface area contributed by atoms with E-state index in [9.17, 15) is 14.7 Å². The summed E-state index contributed by atoms with van der Waals surface area (Å²) in [6, 6.07) is 8.07. The van der Waals surface area contributed by atoms with E-state index in [1.807, 2.05) is 23.1 Å². The highest BCUT2D eigenvalue weighted by atomic mass is 16.5. The van der Waals surface area contributed by atoms with Gasteiger partial charge in [0.1, 0.15) is 17.0 Å². The summed E-state index contributed by atoms with van der Waals surface area (Å²) in [7, 11) is 0. The average Bonchev–Trinajstić information content (AvgIpc) is 3.26. The quantitative estimate of drug-likeness (QED) is 0.883. The van der Waals surface area contributed by atoms with Crippen LogP contribution in [0.5, 0.6) is 5.75 Å². The van der Waals surface area contributed by atoms with Crippen LogP contribution < -0.4 is 4.74 Å². The topological polar surface area (TPSA) is 76.1 Å². The zero-order chi connectivity index (χ0) is 17.3. The van der Waals surface area contributed by atoms with Crippen LogP contribution >= 0.6 is 0 Å². The third kappa shape index (κ3) is 2.00. The van der Waals surface area contributed by atoms with Crippen LogP contribution in [-0.2, 0) is 20.7 Å². The number of aliphatic carboxylic acids is 1. The van der Waals surface area contributed by atoms with Crippen molar-refractivity contribution in [3.8, 4) is 5.75 Å². The van der Waals surface area contributed by atoms with Crippen LogP contribution in [0.3, 0.4) is 0 Å². The van der Waals surface area contributed by atoms with Gasteiger partial charge >= 0.3 is 5.97 Å². The molecule has 6 heteroatoms. The molecule has 6 rings (SSSR count). The number of rotatable bonds is 2. The van der Waals surface area contributed by atoms with Crippen molar-refractivity contribution in [2.45, 2.75) is 43.3 Å². The first-order valence-electron chi connectivity index (χ1n) is 8.90. The maximum Gasteiger partial charge on any atom is 0.312 e. The third-order valence-electron chi connectivity index (χ3n) is 6.47. The summed E-state index contributed by atoms with van der Waals surface area (Å²) in [6.45, 7) is 1.36. The van der Waals surface area contributed by atoms with Gasteiger partial charge in [-0.3, -0.25) is 9.59 Å². The predicted molar refractivity (Wildman–Crippen MR) is 87.3 cm³/mol. The molecule has 1 aromatic carbocycles. The van der Waals surface area contributed by atoms with Gasteiger partial charge in [-0.05, 0) is 24.5 Å². The van der Waals surface area contributed by atoms with Gasteiger partial charge in [-0.1, -0.05) is 18.2 Å². The Morgan fingerprint density at radius 3 is 2.72 bits per heavy atom. The molecular formula is C19H21NO5. The molecule has 1 aliphatic carbocycles. The predicted octanol–water partition coefficient (Wildman–Crippen LogP) is 1.62. The van der Waals surface area contributed by atoms with Gasteiger partial charge in [0.25, 0.3) is 5.91 Å². The standard InChI is InChI=1S/C19H21NO5/c21-15(19-9-17(10-19,12-24-19)16(22)23)20-8-7-18(11-20)6-5-13-3-1-2-4-14(13)25-18/h1-4H,5-12H2,(H,22,23). The smallest absolute Gasteiger partial charge is 0.312 e. The maximum absolute atomic E-state index is 13.0. The van der Waals surface area contributed by atoms with Crippen molar-refractivity contribution in [3.05, 3.63) is 29.8 Å². The first kappa shape index (κ1) is 15.2. The van der Waals surface area contributed by atoms with Gasteiger partial charge < -0.3 is 19.5 Å². The number of carbonyl (C=O) groups is 2. The van der Waals surface area contributed by atoms with Crippen LogP contribution in [-0.4, -0.2) is 52.8 Å². The summed E-state index contributed by atoms with van der Waals surface area (Å²) in [4.78, 5) is 26.2. The Kier molecular flexibility index (Phi) is 2.89. The fourth-order valence-electron chi connectivity index (χ4n) is 5.00. The van der Waals surface area contributed by atoms with E-state index >= 15 is 0 Å². The molecule has 5 aliphatic rings. The fourth-order valence-corrected chi connectivity index (χ4v) is 5.00. The molecule has 1 saturated carbocycles. The molecule has 6 nitrogen and oxygen atoms in total. The number of ether oxygens (including phenoxy) is 2. The van der Waals surface area contributed by atoms with E-state index in [-0.39, 0.29) is 18.1 Å². The molecule has 1 aromatic rings. The van der Waals surface area contributed by atoms with Gasteiger partial charge in [0.2, 0.25) is 0 Å². The minimum atomic E-state index is -0.906. The summed E-state index contributed by atoms with van der Waals surface area (Å²) < 4.78 is 12.0. The lowest BCUT2D eigenvalue weighted by Gasteiger charge is -2.42. The number of benzene rings is 1. The molecule has 1 atom stereocenters. The van der Waals surface area contributed by atoms with Gasteiger partial charge in [0.15, 0.2) is 0 Å². The summed E-state index contributed by atoms with van der Waals surface area (Å²) in [5, 5.41) is 9.34. The number of hydrogen-bond acceptors (Lipinski definition) is 4. The van der Waals surface area contributed by atoms with Gasteiger partial charge in [-0.25, -0.2) is 0 Å². The number of amides is 1. The van der Waals surface area contributed by atoms with Crippen molar-refractivity contribution in [1.29, 1.82) is 0 Å². The van der Waals surface area contributed by atoms with Crippen LogP contribution in [0, 0.1) is 5.41 Å². The molecule has 1 unspecified atom stereocenters. The molecule has 1 amide bonds. The Hall–Kier alpha value is -2.08. The van der Waals surface area contributed by atoms with Crippen molar-refractivity contribution >= 4 is 11.9 Å². The van der Waals surface area contributed by atoms with E-state index in [1.165, 1.54) is 5.56 Å². The molecule has 4 aliphatic heterocycles. The summed E-state index contributed by atoms with van der Waals surface area (Å²) >= 11 is 0. The Morgan fingerprint density at radius 2 is 1.96 bits per heavy atom. The second kappa shape index (κ2) is 4.75. The van der Waals surface area contributed by atoms with Crippen LogP contribution in [0.1, 0.15) is 31.2 Å². The first-order chi connectivity index (χ1) is 12.0. The van der Waals surface area contributed by atoms with E-state index in [1.54, 1.807) is 0 Å². The first-order valence-corrected chi connectivity index (χ1v) is 8.90. The molecule has 1 spiro atoms. The average molecular weight is 343 g/mol. The van der Waals surface area contributed by atoms with E-state index in [2.05, 4.69) is 6.07 Å². The Balaban J connectivity index is 1.31. The zero-order valence-electron chi connectivity index (χ0n) is 14.0. The lowest BCUT2D eigenvalue weighted by Crippen LogP contribution is -2.58. The molecule has 4 heterocycles. The minimum absolute atomic E-state index is 0.0544. The largest absolute Gasteiger partial charge is 0.485 e. The highest BCUT2D eigenvalue weighted by molar-refractivity contribution is 5.92. The van der Waals surface area contributed by atoms with Gasteiger partial charge in [-0.2, -0.15) is 0 Å². The summed E-state index contributed by atoms with van der Waals surface area (Å²) in [5.41, 5.74) is -0.836. The van der Waals surface area contributed by atoms with E-state index in [0.29, 0.717) is 25.9 Å². The molecule has 4 fully saturated rings. The van der Waals surface area contributed by atoms with Crippen molar-refractivity contribution in [2.75, 3.05) is 19.7 Å². The number of hydrogen-bond donors (Lipinski definition) is 1. The summed E-state index contributed by atoms with van der Waals surface area (Å²) in [5.74, 6) is 0.0200. The van der Waals surface area contributed by atoms with Crippen LogP contribution in [0.15, 0.2) is 24.3 Å². The number of nitrogens with zero attached hydrogens (tertiary/aromatic N) is 1. The van der Waals surface area contributed by atoms with E-state index in [4.69, 9.17) is 9.47 Å². The number of aryl methyl sites for hydroxylation is 1. The lowest BCUT2D eigenvalue weighted by molar-refractivity contribution is -0.164. The normalized spacial score (nSPS) is 38.2. The van der Waals surface area contributed by atoms with E-state index in [0.717, 1.165) is 25.0 Å². The van der Waals surface area contributed by atoms with Crippen molar-refractivity contribution in [1.82, 2.24) is 4.90 Å². The third-order valence-corrected chi connectivity index (χ3v) is 6.47. The van der Waals surface area contributed by atoms with Crippen LogP contribution in [0.4, 0.5) is 0 Å². The monoisotopic (exact) mass is 343 g/mol. The molecular weight excluding hydrogens is 322 g/mol. The molecule has 25 heavy (non-hydrogen) atoms. The second-order valence-electron chi connectivity index (χ2n) is 8.09. The lowest BCUT2D eigenvalue weighted by atomic mass is 9.62. The number of carboxylic acid groups (broad SMARTS) is 1. The number of fused-ring (bicyclic) bond motifs is 2. The maximum atomic E-state index is 13.0. The molecule has 2 bridgehead atoms. The molecule has 3 saturated heterocycles. The SMILES string of the molecule is O=C(O)C12COC(C(=O)N3CCC4(CCc5ccccc5O4)C3)(C1)C2. The van der Waals surface area contributed by atoms with Gasteiger partial charge in [-0.15, -0.1) is 0 Å². The Labute approximate surface area is 145 Å². The van der Waals surface area contributed by atoms with E-state index < -0.39 is 17.0 Å². The van der Waals surface area contributed by atoms with Gasteiger partial charge in [0.05, 0.1) is 18.6 Å². The van der Waals surface area contributed by atoms with Crippen LogP contribution in [0.25, 0.3) is 0 Å². The Bertz CT molecular complexity index is 769. The number of likely N-dealkylation sites (tertiary alicyclic amines) is 1. The molecule has 1 N–H and O–H groups in total. The molecule has 0 radical (unpaired) electrons. The zero-order valence-corrected chi connectivity index (χ0v) is 14.0. The number of para-hydroxylation sites is 1. The number of carboxylic acids is 1. The van der Waals surface area contributed by atoms with Gasteiger partial charge in [0, 0.05) is 25.8 Å².